The predicted molar refractivity (Wildman–Crippen MR) is 143 cm³/mol. The largest absolute Gasteiger partial charge is 0.497 e. The summed E-state index contributed by atoms with van der Waals surface area (Å²) >= 11 is 0. The predicted octanol–water partition coefficient (Wildman–Crippen LogP) is 4.09. The van der Waals surface area contributed by atoms with Gasteiger partial charge in [0.1, 0.15) is 11.5 Å². The number of fused-ring (bicyclic) bond motifs is 2. The van der Waals surface area contributed by atoms with Crippen LogP contribution in [-0.2, 0) is 20.0 Å². The van der Waals surface area contributed by atoms with Gasteiger partial charge in [-0.2, -0.15) is 8.61 Å². The second-order valence-corrected chi connectivity index (χ2v) is 12.9. The van der Waals surface area contributed by atoms with E-state index in [2.05, 4.69) is 0 Å². The Hall–Kier alpha value is -3.18. The highest BCUT2D eigenvalue weighted by Gasteiger charge is 2.38. The monoisotopic (exact) mass is 540 g/mol. The van der Waals surface area contributed by atoms with E-state index >= 15 is 0 Å². The molecular formula is C27H28N2O6S2. The van der Waals surface area contributed by atoms with Crippen LogP contribution in [0.25, 0.3) is 21.5 Å². The van der Waals surface area contributed by atoms with Gasteiger partial charge in [-0.3, -0.25) is 0 Å². The van der Waals surface area contributed by atoms with Crippen molar-refractivity contribution in [3.63, 3.8) is 0 Å². The van der Waals surface area contributed by atoms with E-state index in [1.165, 1.54) is 8.61 Å². The van der Waals surface area contributed by atoms with Gasteiger partial charge in [0.15, 0.2) is 0 Å². The zero-order valence-corrected chi connectivity index (χ0v) is 22.4. The number of nitrogens with zero attached hydrogens (tertiary/aromatic N) is 2. The van der Waals surface area contributed by atoms with Crippen LogP contribution in [0.3, 0.4) is 0 Å². The molecule has 4 aromatic carbocycles. The van der Waals surface area contributed by atoms with E-state index in [-0.39, 0.29) is 29.4 Å². The molecule has 8 nitrogen and oxygen atoms in total. The first-order valence-corrected chi connectivity index (χ1v) is 14.7. The molecule has 4 aromatic rings. The number of hydrogen-bond acceptors (Lipinski definition) is 6. The van der Waals surface area contributed by atoms with Crippen LogP contribution in [0, 0.1) is 0 Å². The maximum Gasteiger partial charge on any atom is 0.243 e. The summed E-state index contributed by atoms with van der Waals surface area (Å²) in [4.78, 5) is 0.358. The van der Waals surface area contributed by atoms with Crippen molar-refractivity contribution in [1.29, 1.82) is 0 Å². The Morgan fingerprint density at radius 3 is 1.59 bits per heavy atom. The molecule has 0 aliphatic carbocycles. The second-order valence-electron chi connectivity index (χ2n) is 9.08. The summed E-state index contributed by atoms with van der Waals surface area (Å²) in [5, 5.41) is 3.31. The van der Waals surface area contributed by atoms with Gasteiger partial charge in [-0.25, -0.2) is 16.8 Å². The first kappa shape index (κ1) is 25.5. The summed E-state index contributed by atoms with van der Waals surface area (Å²) in [5.74, 6) is 1.39. The lowest BCUT2D eigenvalue weighted by Crippen LogP contribution is -2.55. The van der Waals surface area contributed by atoms with Gasteiger partial charge in [0.2, 0.25) is 20.0 Å². The van der Waals surface area contributed by atoms with Crippen LogP contribution in [0.2, 0.25) is 0 Å². The Morgan fingerprint density at radius 1 is 0.649 bits per heavy atom. The van der Waals surface area contributed by atoms with Gasteiger partial charge in [0.05, 0.1) is 24.0 Å². The minimum Gasteiger partial charge on any atom is -0.497 e. The highest BCUT2D eigenvalue weighted by Crippen LogP contribution is 2.30. The molecule has 1 saturated heterocycles. The number of benzene rings is 4. The molecule has 5 rings (SSSR count). The fourth-order valence-electron chi connectivity index (χ4n) is 4.75. The quantitative estimate of drug-likeness (QED) is 0.366. The number of rotatable bonds is 6. The molecule has 0 radical (unpaired) electrons. The van der Waals surface area contributed by atoms with Crippen molar-refractivity contribution in [3.05, 3.63) is 72.8 Å². The zero-order valence-electron chi connectivity index (χ0n) is 20.8. The molecule has 0 bridgehead atoms. The smallest absolute Gasteiger partial charge is 0.243 e. The van der Waals surface area contributed by atoms with Crippen molar-refractivity contribution in [2.24, 2.45) is 0 Å². The number of sulfonamides is 2. The third-order valence-corrected chi connectivity index (χ3v) is 10.7. The Bertz CT molecular complexity index is 1700. The van der Waals surface area contributed by atoms with Crippen molar-refractivity contribution in [1.82, 2.24) is 8.61 Å². The van der Waals surface area contributed by atoms with Gasteiger partial charge < -0.3 is 9.47 Å². The average molecular weight is 541 g/mol. The lowest BCUT2D eigenvalue weighted by Gasteiger charge is -2.38. The van der Waals surface area contributed by atoms with E-state index in [1.54, 1.807) is 69.7 Å². The standard InChI is InChI=1S/C27H28N2O6S2/c1-19-18-28(36(30,31)26-10-6-20-14-24(34-2)8-4-22(20)16-26)12-13-29(19)37(32,33)27-11-7-21-15-25(35-3)9-5-23(21)17-27/h4-11,14-17,19H,12-13,18H2,1-3H3/t19-/m1/s1. The van der Waals surface area contributed by atoms with Crippen LogP contribution in [0.15, 0.2) is 82.6 Å². The van der Waals surface area contributed by atoms with Crippen molar-refractivity contribution in [2.75, 3.05) is 33.9 Å². The molecule has 194 valence electrons. The summed E-state index contributed by atoms with van der Waals surface area (Å²) in [6, 6.07) is 20.3. The van der Waals surface area contributed by atoms with E-state index < -0.39 is 26.1 Å². The van der Waals surface area contributed by atoms with Crippen LogP contribution in [0.4, 0.5) is 0 Å². The third kappa shape index (κ3) is 4.66. The van der Waals surface area contributed by atoms with Gasteiger partial charge in [0.25, 0.3) is 0 Å². The first-order chi connectivity index (χ1) is 17.6. The second kappa shape index (κ2) is 9.60. The summed E-state index contributed by atoms with van der Waals surface area (Å²) in [7, 11) is -4.46. The first-order valence-electron chi connectivity index (χ1n) is 11.8. The molecule has 1 fully saturated rings. The lowest BCUT2D eigenvalue weighted by molar-refractivity contribution is 0.212. The number of ether oxygens (including phenoxy) is 2. The van der Waals surface area contributed by atoms with Crippen molar-refractivity contribution < 1.29 is 26.3 Å². The Balaban J connectivity index is 1.37. The molecule has 10 heteroatoms. The summed E-state index contributed by atoms with van der Waals surface area (Å²) in [6.45, 7) is 1.93. The molecule has 0 amide bonds. The topological polar surface area (TPSA) is 93.2 Å². The number of hydrogen-bond donors (Lipinski definition) is 0. The van der Waals surface area contributed by atoms with E-state index in [9.17, 15) is 16.8 Å². The Morgan fingerprint density at radius 2 is 1.11 bits per heavy atom. The molecular weight excluding hydrogens is 512 g/mol. The van der Waals surface area contributed by atoms with Crippen LogP contribution in [0.1, 0.15) is 6.92 Å². The lowest BCUT2D eigenvalue weighted by atomic mass is 10.1. The van der Waals surface area contributed by atoms with Gasteiger partial charge in [-0.05, 0) is 77.0 Å². The summed E-state index contributed by atoms with van der Waals surface area (Å²) in [6.07, 6.45) is 0. The molecule has 1 aliphatic heterocycles. The van der Waals surface area contributed by atoms with Gasteiger partial charge in [-0.15, -0.1) is 0 Å². The van der Waals surface area contributed by atoms with E-state index in [0.29, 0.717) is 11.5 Å². The van der Waals surface area contributed by atoms with Crippen LogP contribution in [0.5, 0.6) is 11.5 Å². The Kier molecular flexibility index (Phi) is 6.61. The highest BCUT2D eigenvalue weighted by molar-refractivity contribution is 7.89. The minimum atomic E-state index is -3.82. The average Bonchev–Trinajstić information content (AvgIpc) is 2.91. The summed E-state index contributed by atoms with van der Waals surface area (Å²) < 4.78 is 67.2. The molecule has 0 unspecified atom stereocenters. The van der Waals surface area contributed by atoms with E-state index in [4.69, 9.17) is 9.47 Å². The van der Waals surface area contributed by atoms with Gasteiger partial charge >= 0.3 is 0 Å². The maximum atomic E-state index is 13.5. The van der Waals surface area contributed by atoms with Crippen molar-refractivity contribution in [2.45, 2.75) is 22.8 Å². The highest BCUT2D eigenvalue weighted by atomic mass is 32.2. The zero-order chi connectivity index (χ0) is 26.4. The molecule has 0 aromatic heterocycles. The molecule has 1 aliphatic rings. The molecule has 0 saturated carbocycles. The fourth-order valence-corrected chi connectivity index (χ4v) is 7.94. The molecule has 37 heavy (non-hydrogen) atoms. The molecule has 0 spiro atoms. The van der Waals surface area contributed by atoms with Gasteiger partial charge in [0, 0.05) is 25.7 Å². The Labute approximate surface area is 217 Å². The van der Waals surface area contributed by atoms with E-state index in [1.807, 2.05) is 24.3 Å². The van der Waals surface area contributed by atoms with Crippen LogP contribution in [-0.4, -0.2) is 65.3 Å². The van der Waals surface area contributed by atoms with E-state index in [0.717, 1.165) is 21.5 Å². The third-order valence-electron chi connectivity index (χ3n) is 6.81. The van der Waals surface area contributed by atoms with Crippen LogP contribution < -0.4 is 9.47 Å². The summed E-state index contributed by atoms with van der Waals surface area (Å²) in [5.41, 5.74) is 0. The normalized spacial score (nSPS) is 17.8. The minimum absolute atomic E-state index is 0.0625. The fraction of sp³-hybridized carbons (Fsp3) is 0.259. The van der Waals surface area contributed by atoms with Crippen molar-refractivity contribution >= 4 is 41.6 Å². The molecule has 1 atom stereocenters. The van der Waals surface area contributed by atoms with Crippen LogP contribution >= 0.6 is 0 Å². The van der Waals surface area contributed by atoms with Gasteiger partial charge in [-0.1, -0.05) is 24.3 Å². The maximum absolute atomic E-state index is 13.5. The molecule has 1 heterocycles. The number of piperazine rings is 1. The molecule has 0 N–H and O–H groups in total. The van der Waals surface area contributed by atoms with Crippen molar-refractivity contribution in [3.8, 4) is 11.5 Å². The number of methoxy groups -OCH3 is 2. The SMILES string of the molecule is COc1ccc2cc(S(=O)(=O)N3CCN(S(=O)(=O)c4ccc5cc(OC)ccc5c4)[C@H](C)C3)ccc2c1.